The van der Waals surface area contributed by atoms with Gasteiger partial charge in [-0.1, -0.05) is 22.0 Å². The summed E-state index contributed by atoms with van der Waals surface area (Å²) >= 11 is 3.17. The number of hydrogen-bond acceptors (Lipinski definition) is 3. The first kappa shape index (κ1) is 15.4. The maximum Gasteiger partial charge on any atom is 0.220 e. The lowest BCUT2D eigenvalue weighted by atomic mass is 10.1. The van der Waals surface area contributed by atoms with Gasteiger partial charge in [0.05, 0.1) is 11.5 Å². The summed E-state index contributed by atoms with van der Waals surface area (Å²) < 4.78 is 36.8. The lowest BCUT2D eigenvalue weighted by Gasteiger charge is -2.11. The Kier molecular flexibility index (Phi) is 4.80. The quantitative estimate of drug-likeness (QED) is 0.887. The van der Waals surface area contributed by atoms with Crippen LogP contribution >= 0.6 is 15.9 Å². The molecule has 110 valence electrons. The zero-order chi connectivity index (χ0) is 14.8. The van der Waals surface area contributed by atoms with Crippen molar-refractivity contribution in [3.63, 3.8) is 0 Å². The molecular formula is C13H15BrFNO3S. The summed E-state index contributed by atoms with van der Waals surface area (Å²) in [6.45, 7) is 0. The first-order valence-corrected chi connectivity index (χ1v) is 8.91. The van der Waals surface area contributed by atoms with Crippen LogP contribution in [0.3, 0.4) is 0 Å². The van der Waals surface area contributed by atoms with Gasteiger partial charge in [-0.3, -0.25) is 4.79 Å². The Morgan fingerprint density at radius 1 is 1.45 bits per heavy atom. The molecule has 0 radical (unpaired) electrons. The number of sulfone groups is 1. The van der Waals surface area contributed by atoms with Gasteiger partial charge in [0.2, 0.25) is 5.91 Å². The predicted molar refractivity (Wildman–Crippen MR) is 77.6 cm³/mol. The van der Waals surface area contributed by atoms with Crippen LogP contribution in [0.15, 0.2) is 22.7 Å². The molecule has 4 nitrogen and oxygen atoms in total. The van der Waals surface area contributed by atoms with Crippen LogP contribution in [0.4, 0.5) is 4.39 Å². The SMILES string of the molecule is O=C(CCc1ccc(Br)cc1F)NC1CCS(=O)(=O)C1. The van der Waals surface area contributed by atoms with Crippen LogP contribution in [0.2, 0.25) is 0 Å². The van der Waals surface area contributed by atoms with Gasteiger partial charge in [0.15, 0.2) is 9.84 Å². The molecule has 1 unspecified atom stereocenters. The normalized spacial score (nSPS) is 20.8. The monoisotopic (exact) mass is 363 g/mol. The number of benzene rings is 1. The fraction of sp³-hybridized carbons (Fsp3) is 0.462. The summed E-state index contributed by atoms with van der Waals surface area (Å²) in [6.07, 6.45) is 0.903. The van der Waals surface area contributed by atoms with E-state index in [0.717, 1.165) is 0 Å². The van der Waals surface area contributed by atoms with Crippen molar-refractivity contribution < 1.29 is 17.6 Å². The van der Waals surface area contributed by atoms with Crippen molar-refractivity contribution in [2.45, 2.75) is 25.3 Å². The van der Waals surface area contributed by atoms with Crippen molar-refractivity contribution in [2.24, 2.45) is 0 Å². The van der Waals surface area contributed by atoms with Crippen LogP contribution in [0, 0.1) is 5.82 Å². The zero-order valence-electron chi connectivity index (χ0n) is 10.7. The van der Waals surface area contributed by atoms with Crippen LogP contribution < -0.4 is 5.32 Å². The molecule has 2 rings (SSSR count). The molecule has 20 heavy (non-hydrogen) atoms. The van der Waals surface area contributed by atoms with Crippen molar-refractivity contribution in [3.8, 4) is 0 Å². The molecule has 1 atom stereocenters. The van der Waals surface area contributed by atoms with E-state index >= 15 is 0 Å². The minimum atomic E-state index is -3.00. The van der Waals surface area contributed by atoms with Crippen LogP contribution in [0.5, 0.6) is 0 Å². The van der Waals surface area contributed by atoms with Crippen LogP contribution in [-0.4, -0.2) is 31.9 Å². The first-order chi connectivity index (χ1) is 9.35. The Bertz CT molecular complexity index is 618. The van der Waals surface area contributed by atoms with E-state index in [1.165, 1.54) is 6.07 Å². The predicted octanol–water partition coefficient (Wildman–Crippen LogP) is 1.82. The summed E-state index contributed by atoms with van der Waals surface area (Å²) in [5.41, 5.74) is 0.474. The van der Waals surface area contributed by atoms with Gasteiger partial charge in [-0.05, 0) is 30.5 Å². The molecule has 0 aliphatic carbocycles. The van der Waals surface area contributed by atoms with Gasteiger partial charge in [0.25, 0.3) is 0 Å². The van der Waals surface area contributed by atoms with Crippen molar-refractivity contribution in [1.82, 2.24) is 5.32 Å². The molecule has 1 aliphatic heterocycles. The fourth-order valence-corrected chi connectivity index (χ4v) is 4.19. The van der Waals surface area contributed by atoms with Crippen LogP contribution in [0.1, 0.15) is 18.4 Å². The third kappa shape index (κ3) is 4.28. The minimum absolute atomic E-state index is 0.00534. The molecule has 0 saturated carbocycles. The number of rotatable bonds is 4. The highest BCUT2D eigenvalue weighted by Crippen LogP contribution is 2.17. The van der Waals surface area contributed by atoms with Crippen LogP contribution in [-0.2, 0) is 21.1 Å². The third-order valence-electron chi connectivity index (χ3n) is 3.23. The fourth-order valence-electron chi connectivity index (χ4n) is 2.18. The molecular weight excluding hydrogens is 349 g/mol. The number of amides is 1. The standard InChI is InChI=1S/C13H15BrFNO3S/c14-10-3-1-9(12(15)7-10)2-4-13(17)16-11-5-6-20(18,19)8-11/h1,3,7,11H,2,4-6,8H2,(H,16,17). The zero-order valence-corrected chi connectivity index (χ0v) is 13.1. The molecule has 7 heteroatoms. The molecule has 0 spiro atoms. The van der Waals surface area contributed by atoms with Gasteiger partial charge in [0, 0.05) is 16.9 Å². The summed E-state index contributed by atoms with van der Waals surface area (Å²) in [4.78, 5) is 11.7. The van der Waals surface area contributed by atoms with E-state index in [1.54, 1.807) is 12.1 Å². The smallest absolute Gasteiger partial charge is 0.220 e. The maximum atomic E-state index is 13.6. The van der Waals surface area contributed by atoms with E-state index in [-0.39, 0.29) is 35.7 Å². The topological polar surface area (TPSA) is 63.2 Å². The molecule has 1 fully saturated rings. The van der Waals surface area contributed by atoms with E-state index in [4.69, 9.17) is 0 Å². The molecule has 1 aromatic rings. The molecule has 1 aliphatic rings. The van der Waals surface area contributed by atoms with Gasteiger partial charge in [-0.25, -0.2) is 12.8 Å². The Balaban J connectivity index is 1.84. The highest BCUT2D eigenvalue weighted by Gasteiger charge is 2.28. The van der Waals surface area contributed by atoms with E-state index < -0.39 is 9.84 Å². The average Bonchev–Trinajstić information content (AvgIpc) is 2.67. The second kappa shape index (κ2) is 6.22. The second-order valence-corrected chi connectivity index (χ2v) is 8.05. The number of nitrogens with one attached hydrogen (secondary N) is 1. The number of halogens is 2. The highest BCUT2D eigenvalue weighted by atomic mass is 79.9. The van der Waals surface area contributed by atoms with E-state index in [2.05, 4.69) is 21.2 Å². The van der Waals surface area contributed by atoms with Gasteiger partial charge in [0.1, 0.15) is 5.82 Å². The molecule has 1 N–H and O–H groups in total. The highest BCUT2D eigenvalue weighted by molar-refractivity contribution is 9.10. The van der Waals surface area contributed by atoms with Crippen molar-refractivity contribution in [3.05, 3.63) is 34.1 Å². The van der Waals surface area contributed by atoms with Crippen molar-refractivity contribution in [2.75, 3.05) is 11.5 Å². The van der Waals surface area contributed by atoms with E-state index in [9.17, 15) is 17.6 Å². The van der Waals surface area contributed by atoms with Crippen molar-refractivity contribution >= 4 is 31.7 Å². The number of hydrogen-bond donors (Lipinski definition) is 1. The molecule has 1 amide bonds. The number of aryl methyl sites for hydroxylation is 1. The molecule has 1 saturated heterocycles. The Hall–Kier alpha value is -0.950. The largest absolute Gasteiger partial charge is 0.352 e. The molecule has 0 bridgehead atoms. The van der Waals surface area contributed by atoms with Gasteiger partial charge < -0.3 is 5.32 Å². The maximum absolute atomic E-state index is 13.6. The average molecular weight is 364 g/mol. The second-order valence-electron chi connectivity index (χ2n) is 4.90. The lowest BCUT2D eigenvalue weighted by Crippen LogP contribution is -2.35. The van der Waals surface area contributed by atoms with Gasteiger partial charge in [-0.2, -0.15) is 0 Å². The number of carbonyl (C=O) groups excluding carboxylic acids is 1. The van der Waals surface area contributed by atoms with Gasteiger partial charge in [-0.15, -0.1) is 0 Å². The van der Waals surface area contributed by atoms with E-state index in [0.29, 0.717) is 22.9 Å². The van der Waals surface area contributed by atoms with Crippen LogP contribution in [0.25, 0.3) is 0 Å². The van der Waals surface area contributed by atoms with Crippen molar-refractivity contribution in [1.29, 1.82) is 0 Å². The Morgan fingerprint density at radius 2 is 2.20 bits per heavy atom. The molecule has 0 aromatic heterocycles. The third-order valence-corrected chi connectivity index (χ3v) is 5.50. The summed E-state index contributed by atoms with van der Waals surface area (Å²) in [5, 5.41) is 2.69. The molecule has 1 heterocycles. The van der Waals surface area contributed by atoms with E-state index in [1.807, 2.05) is 0 Å². The Labute approximate surface area is 125 Å². The lowest BCUT2D eigenvalue weighted by molar-refractivity contribution is -0.121. The summed E-state index contributed by atoms with van der Waals surface area (Å²) in [5.74, 6) is -0.463. The molecule has 1 aromatic carbocycles. The van der Waals surface area contributed by atoms with Gasteiger partial charge >= 0.3 is 0 Å². The minimum Gasteiger partial charge on any atom is -0.352 e. The first-order valence-electron chi connectivity index (χ1n) is 6.29. The summed E-state index contributed by atoms with van der Waals surface area (Å²) in [6, 6.07) is 4.41. The Morgan fingerprint density at radius 3 is 2.80 bits per heavy atom. The summed E-state index contributed by atoms with van der Waals surface area (Å²) in [7, 11) is -3.00. The number of carbonyl (C=O) groups is 1.